The Bertz CT molecular complexity index is 1080. The van der Waals surface area contributed by atoms with Gasteiger partial charge in [0, 0.05) is 5.69 Å². The van der Waals surface area contributed by atoms with E-state index in [-0.39, 0.29) is 24.8 Å². The van der Waals surface area contributed by atoms with E-state index in [9.17, 15) is 14.4 Å². The molecule has 0 aliphatic rings. The van der Waals surface area contributed by atoms with Crippen LogP contribution in [0.3, 0.4) is 0 Å². The summed E-state index contributed by atoms with van der Waals surface area (Å²) in [7, 11) is 1.26. The molecular weight excluding hydrogens is 420 g/mol. The van der Waals surface area contributed by atoms with Gasteiger partial charge in [0.1, 0.15) is 12.3 Å². The lowest BCUT2D eigenvalue weighted by atomic mass is 10.1. The van der Waals surface area contributed by atoms with E-state index in [1.807, 2.05) is 54.6 Å². The van der Waals surface area contributed by atoms with Gasteiger partial charge in [-0.2, -0.15) is 0 Å². The summed E-state index contributed by atoms with van der Waals surface area (Å²) in [5.74, 6) is -0.487. The van der Waals surface area contributed by atoms with Crippen LogP contribution in [0.4, 0.5) is 5.69 Å². The van der Waals surface area contributed by atoms with Crippen molar-refractivity contribution in [2.24, 2.45) is 0 Å². The summed E-state index contributed by atoms with van der Waals surface area (Å²) in [6.45, 7) is 1.51. The molecule has 2 N–H and O–H groups in total. The average molecular weight is 447 g/mol. The van der Waals surface area contributed by atoms with E-state index in [1.54, 1.807) is 31.2 Å². The number of nitrogens with one attached hydrogen (secondary N) is 2. The van der Waals surface area contributed by atoms with Crippen LogP contribution < -0.4 is 15.4 Å². The molecule has 0 fully saturated rings. The third-order valence-corrected chi connectivity index (χ3v) is 4.89. The van der Waals surface area contributed by atoms with Gasteiger partial charge in [-0.1, -0.05) is 54.6 Å². The predicted octanol–water partition coefficient (Wildman–Crippen LogP) is 3.59. The number of hydrogen-bond acceptors (Lipinski definition) is 5. The minimum absolute atomic E-state index is 0.115. The van der Waals surface area contributed by atoms with Gasteiger partial charge in [0.25, 0.3) is 5.91 Å². The first kappa shape index (κ1) is 23.5. The minimum atomic E-state index is -0.698. The molecule has 33 heavy (non-hydrogen) atoms. The maximum Gasteiger partial charge on any atom is 0.325 e. The number of carbonyl (C=O) groups excluding carboxylic acids is 3. The van der Waals surface area contributed by atoms with Crippen LogP contribution in [-0.2, 0) is 25.5 Å². The molecule has 0 saturated carbocycles. The SMILES string of the molecule is COC(=O)CNC(=O)Cc1ccc(NC(=O)C(C)Oc2ccc(-c3ccccc3)cc2)cc1. The monoisotopic (exact) mass is 446 g/mol. The second-order valence-corrected chi connectivity index (χ2v) is 7.37. The van der Waals surface area contributed by atoms with Crippen LogP contribution in [0, 0.1) is 0 Å². The largest absolute Gasteiger partial charge is 0.481 e. The molecule has 170 valence electrons. The predicted molar refractivity (Wildman–Crippen MR) is 126 cm³/mol. The molecule has 0 aromatic heterocycles. The van der Waals surface area contributed by atoms with Gasteiger partial charge in [-0.15, -0.1) is 0 Å². The lowest BCUT2D eigenvalue weighted by molar-refractivity contribution is -0.141. The number of ether oxygens (including phenoxy) is 2. The molecule has 3 rings (SSSR count). The molecule has 3 aromatic carbocycles. The molecular formula is C26H26N2O5. The zero-order chi connectivity index (χ0) is 23.6. The molecule has 0 spiro atoms. The van der Waals surface area contributed by atoms with E-state index in [1.165, 1.54) is 7.11 Å². The van der Waals surface area contributed by atoms with Crippen molar-refractivity contribution in [1.29, 1.82) is 0 Å². The van der Waals surface area contributed by atoms with E-state index in [0.717, 1.165) is 16.7 Å². The first-order valence-corrected chi connectivity index (χ1v) is 10.5. The molecule has 2 amide bonds. The summed E-state index contributed by atoms with van der Waals surface area (Å²) in [4.78, 5) is 35.4. The van der Waals surface area contributed by atoms with Crippen molar-refractivity contribution in [3.05, 3.63) is 84.4 Å². The smallest absolute Gasteiger partial charge is 0.325 e. The first-order valence-electron chi connectivity index (χ1n) is 10.5. The van der Waals surface area contributed by atoms with Gasteiger partial charge in [-0.3, -0.25) is 14.4 Å². The maximum absolute atomic E-state index is 12.5. The van der Waals surface area contributed by atoms with Gasteiger partial charge < -0.3 is 20.1 Å². The maximum atomic E-state index is 12.5. The number of amides is 2. The molecule has 0 saturated heterocycles. The van der Waals surface area contributed by atoms with E-state index >= 15 is 0 Å². The van der Waals surface area contributed by atoms with Gasteiger partial charge in [0.15, 0.2) is 6.10 Å². The van der Waals surface area contributed by atoms with Gasteiger partial charge in [0.2, 0.25) is 5.91 Å². The van der Waals surface area contributed by atoms with Crippen molar-refractivity contribution in [1.82, 2.24) is 5.32 Å². The highest BCUT2D eigenvalue weighted by molar-refractivity contribution is 5.94. The van der Waals surface area contributed by atoms with Crippen molar-refractivity contribution in [3.63, 3.8) is 0 Å². The number of anilines is 1. The topological polar surface area (TPSA) is 93.7 Å². The number of rotatable bonds is 9. The Labute approximate surface area is 192 Å². The Morgan fingerprint density at radius 1 is 0.848 bits per heavy atom. The van der Waals surface area contributed by atoms with Crippen molar-refractivity contribution < 1.29 is 23.9 Å². The fraction of sp³-hybridized carbons (Fsp3) is 0.192. The zero-order valence-electron chi connectivity index (χ0n) is 18.5. The van der Waals surface area contributed by atoms with Crippen molar-refractivity contribution in [2.45, 2.75) is 19.4 Å². The molecule has 0 aliphatic carbocycles. The molecule has 1 unspecified atom stereocenters. The number of methoxy groups -OCH3 is 1. The van der Waals surface area contributed by atoms with E-state index in [0.29, 0.717) is 11.4 Å². The Morgan fingerprint density at radius 2 is 1.48 bits per heavy atom. The fourth-order valence-corrected chi connectivity index (χ4v) is 3.05. The Kier molecular flexibility index (Phi) is 8.18. The van der Waals surface area contributed by atoms with Gasteiger partial charge in [-0.25, -0.2) is 0 Å². The van der Waals surface area contributed by atoms with Crippen LogP contribution >= 0.6 is 0 Å². The van der Waals surface area contributed by atoms with Gasteiger partial charge in [-0.05, 0) is 47.9 Å². The molecule has 0 heterocycles. The normalized spacial score (nSPS) is 11.2. The highest BCUT2D eigenvalue weighted by Crippen LogP contribution is 2.23. The highest BCUT2D eigenvalue weighted by Gasteiger charge is 2.15. The number of hydrogen-bond donors (Lipinski definition) is 2. The first-order chi connectivity index (χ1) is 15.9. The Balaban J connectivity index is 1.49. The molecule has 1 atom stereocenters. The average Bonchev–Trinajstić information content (AvgIpc) is 2.84. The third-order valence-electron chi connectivity index (χ3n) is 4.89. The van der Waals surface area contributed by atoms with E-state index < -0.39 is 12.1 Å². The van der Waals surface area contributed by atoms with Gasteiger partial charge in [0.05, 0.1) is 13.5 Å². The highest BCUT2D eigenvalue weighted by atomic mass is 16.5. The number of carbonyl (C=O) groups is 3. The summed E-state index contributed by atoms with van der Waals surface area (Å²) < 4.78 is 10.2. The van der Waals surface area contributed by atoms with Crippen LogP contribution in [0.15, 0.2) is 78.9 Å². The van der Waals surface area contributed by atoms with Crippen molar-refractivity contribution >= 4 is 23.5 Å². The third kappa shape index (κ3) is 7.21. The number of benzene rings is 3. The van der Waals surface area contributed by atoms with E-state index in [2.05, 4.69) is 15.4 Å². The van der Waals surface area contributed by atoms with Crippen LogP contribution in [0.5, 0.6) is 5.75 Å². The van der Waals surface area contributed by atoms with E-state index in [4.69, 9.17) is 4.74 Å². The summed E-state index contributed by atoms with van der Waals surface area (Å²) in [6, 6.07) is 24.5. The second kappa shape index (κ2) is 11.5. The van der Waals surface area contributed by atoms with Crippen LogP contribution in [0.2, 0.25) is 0 Å². The van der Waals surface area contributed by atoms with Crippen molar-refractivity contribution in [2.75, 3.05) is 19.0 Å². The summed E-state index contributed by atoms with van der Waals surface area (Å²) in [6.07, 6.45) is -0.583. The summed E-state index contributed by atoms with van der Waals surface area (Å²) in [5.41, 5.74) is 3.52. The summed E-state index contributed by atoms with van der Waals surface area (Å²) in [5, 5.41) is 5.28. The Hall–Kier alpha value is -4.13. The molecule has 0 bridgehead atoms. The Morgan fingerprint density at radius 3 is 2.12 bits per heavy atom. The van der Waals surface area contributed by atoms with Gasteiger partial charge >= 0.3 is 5.97 Å². The zero-order valence-corrected chi connectivity index (χ0v) is 18.5. The molecule has 0 aliphatic heterocycles. The molecule has 7 nitrogen and oxygen atoms in total. The van der Waals surface area contributed by atoms with Crippen LogP contribution in [0.1, 0.15) is 12.5 Å². The standard InChI is InChI=1S/C26H26N2O5/c1-18(33-23-14-10-21(11-15-23)20-6-4-3-5-7-20)26(31)28-22-12-8-19(9-13-22)16-24(29)27-17-25(30)32-2/h3-15,18H,16-17H2,1-2H3,(H,27,29)(H,28,31). The quantitative estimate of drug-likeness (QED) is 0.490. The van der Waals surface area contributed by atoms with Crippen LogP contribution in [0.25, 0.3) is 11.1 Å². The molecule has 7 heteroatoms. The molecule has 0 radical (unpaired) electrons. The minimum Gasteiger partial charge on any atom is -0.481 e. The number of esters is 1. The van der Waals surface area contributed by atoms with Crippen LogP contribution in [-0.4, -0.2) is 37.5 Å². The van der Waals surface area contributed by atoms with Crippen molar-refractivity contribution in [3.8, 4) is 16.9 Å². The fourth-order valence-electron chi connectivity index (χ4n) is 3.05. The lowest BCUT2D eigenvalue weighted by Gasteiger charge is -2.15. The lowest BCUT2D eigenvalue weighted by Crippen LogP contribution is -2.31. The molecule has 3 aromatic rings. The summed E-state index contributed by atoms with van der Waals surface area (Å²) >= 11 is 0. The second-order valence-electron chi connectivity index (χ2n) is 7.37.